The highest BCUT2D eigenvalue weighted by atomic mass is 32.2. The zero-order valence-corrected chi connectivity index (χ0v) is 77.8. The molecule has 4 aromatic rings. The van der Waals surface area contributed by atoms with Gasteiger partial charge in [0.25, 0.3) is 41.4 Å². The van der Waals surface area contributed by atoms with Crippen molar-refractivity contribution < 1.29 is 127 Å². The van der Waals surface area contributed by atoms with Crippen LogP contribution in [0.3, 0.4) is 0 Å². The van der Waals surface area contributed by atoms with E-state index in [-0.39, 0.29) is 90.5 Å². The van der Waals surface area contributed by atoms with E-state index in [1.807, 2.05) is 0 Å². The highest BCUT2D eigenvalue weighted by molar-refractivity contribution is 8.14. The van der Waals surface area contributed by atoms with Gasteiger partial charge in [0.2, 0.25) is 23.4 Å². The van der Waals surface area contributed by atoms with Gasteiger partial charge in [0, 0.05) is 40.3 Å². The average molecular weight is 1940 g/mol. The van der Waals surface area contributed by atoms with Gasteiger partial charge >= 0.3 is 11.9 Å². The lowest BCUT2D eigenvalue weighted by atomic mass is 9.76. The fraction of sp³-hybridized carbons (Fsp3) is 0.500. The number of allylic oxidation sites excluding steroid dienone is 1. The average Bonchev–Trinajstić information content (AvgIpc) is 1.57. The molecule has 11 heterocycles. The topological polar surface area (TPSA) is 634 Å². The maximum atomic E-state index is 15.9. The SMILES string of the molecule is C=C1NC(=O)C(=C)NC(=O)[C@H]([C@H](C)O[C@@H]2C[C@@H](O[C@H]3C[C@@H](O)[C@H](O)[C@@H](C)O3)[C@H](O)[C@@H](C)O2)N[C@H]2C=Cc3c([C@@H](C)O)cc(nc3[C@H]2O)C(=O)O[C@@H](C)[C@H]2NC(=O)c3csc(n3)[C@H]([C@](C)(O)CC)NC(=O)[C@H]3CSC(=N3)C(=CC)NC(=O)[C@H]([C@H](C)O)NC(=O)c3csc(n3)[C@]3(CC[C@@H]4C(SC)=N[C@](CO)(C(=O)NC(=C)C(=O)NC(=C)C(=O)OC)N4[C@@H]3c3csc2n3)NC(=O)C(=C)NC1=O. The number of ether oxygens (including phenoxy) is 6. The number of rotatable bonds is 15. The molecule has 8 aliphatic rings. The summed E-state index contributed by atoms with van der Waals surface area (Å²) in [4.78, 5) is 208. The smallest absolute Gasteiger partial charge is 0.357 e. The first kappa shape index (κ1) is 101. The third-order valence-corrected chi connectivity index (χ3v) is 28.3. The normalized spacial score (nSPS) is 31.5. The van der Waals surface area contributed by atoms with Gasteiger partial charge in [-0.1, -0.05) is 58.0 Å². The number of thiazole rings is 3. The molecule has 4 aromatic heterocycles. The van der Waals surface area contributed by atoms with E-state index in [0.717, 1.165) is 53.3 Å². The number of piperidine rings is 1. The van der Waals surface area contributed by atoms with Crippen molar-refractivity contribution in [1.82, 2.24) is 83.3 Å². The number of esters is 2. The number of aliphatic imine (C=N–C) groups is 2. The van der Waals surface area contributed by atoms with Crippen LogP contribution < -0.4 is 58.5 Å². The van der Waals surface area contributed by atoms with Crippen molar-refractivity contribution in [2.75, 3.05) is 25.7 Å². The summed E-state index contributed by atoms with van der Waals surface area (Å²) in [6.45, 7) is 30.1. The quantitative estimate of drug-likeness (QED) is 0.0522. The number of carbonyl (C=O) groups excluding carboxylic acids is 12. The fourth-order valence-corrected chi connectivity index (χ4v) is 20.8. The molecule has 12 rings (SSSR count). The first-order chi connectivity index (χ1) is 62.8. The number of aliphatic hydroxyl groups excluding tert-OH is 7. The van der Waals surface area contributed by atoms with Gasteiger partial charge < -0.3 is 122 Å². The van der Waals surface area contributed by atoms with Crippen LogP contribution in [0.1, 0.15) is 194 Å². The molecule has 133 heavy (non-hydrogen) atoms. The van der Waals surface area contributed by atoms with E-state index in [9.17, 15) is 69.6 Å². The number of nitrogens with zero attached hydrogens (tertiary/aromatic N) is 7. The van der Waals surface area contributed by atoms with Gasteiger partial charge in [0.15, 0.2) is 12.6 Å². The second-order valence-corrected chi connectivity index (χ2v) is 37.3. The summed E-state index contributed by atoms with van der Waals surface area (Å²) in [5.41, 5.74) is -12.6. The van der Waals surface area contributed by atoms with Crippen LogP contribution in [0.5, 0.6) is 0 Å². The fourth-order valence-electron chi connectivity index (χ4n) is 16.0. The first-order valence-electron chi connectivity index (χ1n) is 41.9. The molecule has 44 nitrogen and oxygen atoms in total. The lowest BCUT2D eigenvalue weighted by molar-refractivity contribution is -0.310. The Morgan fingerprint density at radius 2 is 1.41 bits per heavy atom. The van der Waals surface area contributed by atoms with Crippen LogP contribution in [0.15, 0.2) is 111 Å². The van der Waals surface area contributed by atoms with Crippen molar-refractivity contribution in [2.24, 2.45) is 9.98 Å². The van der Waals surface area contributed by atoms with Crippen LogP contribution in [0.4, 0.5) is 0 Å². The molecule has 0 aromatic carbocycles. The lowest BCUT2D eigenvalue weighted by Gasteiger charge is -2.53. The summed E-state index contributed by atoms with van der Waals surface area (Å²) in [6.07, 6.45) is -12.6. The van der Waals surface area contributed by atoms with E-state index in [2.05, 4.69) is 106 Å². The van der Waals surface area contributed by atoms with Crippen molar-refractivity contribution in [2.45, 2.75) is 239 Å². The third-order valence-electron chi connectivity index (χ3n) is 23.6. The van der Waals surface area contributed by atoms with Crippen LogP contribution in [-0.4, -0.2) is 282 Å². The number of aromatic nitrogens is 4. The van der Waals surface area contributed by atoms with Gasteiger partial charge in [-0.3, -0.25) is 58.3 Å². The van der Waals surface area contributed by atoms with Crippen LogP contribution in [0, 0.1) is 0 Å². The standard InChI is InChI=1S/C84H104N18O26S5/c1-17-44-74-94-49(27-130-74)71(116)99-63(82(14,122)18-2)77-95-48(28-132-77)69(114)98-58-39(11)127-79(120)46-23-43(36(8)104)42-19-20-45(62(109)59(42)91-46)90-57(38(10)124-55-25-53(61(108)41(13)126-55)128-54-24-52(106)60(107)40(12)125-54)73(118)87-32(4)66(111)85-31(3)65(110)86-34(6)68(113)100-83(81-96-50(29-133-81)70(115)97-56(37(9)105)72(117)92-44)22-21-51-75(129-16)101-84(30-103,102(51)64(83)47-26-131-76(58)93-47)80(121)89-33(5)67(112)88-35(7)78(119)123-15/h17,19-20,23,26,28-29,36-41,45,49,51-58,60-64,90,103-109,122H,3-7,18,21-22,24-25,27,30H2,1-2,8-16H3,(H,85,111)(H,86,110)(H,87,118)(H,88,112)(H,89,121)(H,92,117)(H,97,115)(H,98,114)(H,99,116)(H,100,113)/t36-,37+,38+,39+,40-,41-,45+,49-,51-,52-,53-,54+,55+,56+,57+,58-,60-,61-,62+,63-,64-,82-,83-,84+/m1/s1. The number of pyridine rings is 1. The molecule has 24 atom stereocenters. The van der Waals surface area contributed by atoms with Crippen LogP contribution in [0.2, 0.25) is 0 Å². The number of hydrogen-bond donors (Lipinski definition) is 19. The predicted molar refractivity (Wildman–Crippen MR) is 479 cm³/mol. The van der Waals surface area contributed by atoms with Crippen molar-refractivity contribution in [3.05, 3.63) is 156 Å². The van der Waals surface area contributed by atoms with Gasteiger partial charge in [-0.15, -0.1) is 57.5 Å². The molecule has 19 N–H and O–H groups in total. The van der Waals surface area contributed by atoms with Crippen molar-refractivity contribution >= 4 is 145 Å². The Labute approximate surface area is 781 Å². The summed E-state index contributed by atoms with van der Waals surface area (Å²) in [5, 5.41) is 125. The van der Waals surface area contributed by atoms with Gasteiger partial charge in [-0.05, 0) is 92.5 Å². The highest BCUT2D eigenvalue weighted by Crippen LogP contribution is 2.56. The van der Waals surface area contributed by atoms with E-state index in [4.69, 9.17) is 43.4 Å². The largest absolute Gasteiger partial charge is 0.464 e. The van der Waals surface area contributed by atoms with Crippen LogP contribution in [-0.2, 0) is 77.1 Å². The molecule has 1 aliphatic carbocycles. The second-order valence-electron chi connectivity index (χ2n) is 32.8. The Hall–Kier alpha value is -10.7. The maximum absolute atomic E-state index is 15.9. The monoisotopic (exact) mass is 1940 g/mol. The minimum absolute atomic E-state index is 0.00266. The zero-order valence-electron chi connectivity index (χ0n) is 73.7. The highest BCUT2D eigenvalue weighted by Gasteiger charge is 2.65. The minimum Gasteiger partial charge on any atom is -0.464 e. The molecule has 0 spiro atoms. The number of aliphatic hydroxyl groups is 8. The van der Waals surface area contributed by atoms with Gasteiger partial charge in [0.05, 0.1) is 125 Å². The summed E-state index contributed by atoms with van der Waals surface area (Å²) in [7, 11) is 1.00. The number of cyclic esters (lactones) is 1. The maximum Gasteiger partial charge on any atom is 0.357 e. The van der Waals surface area contributed by atoms with E-state index in [1.54, 1.807) is 20.1 Å². The molecular formula is C84H104N18O26S5. The minimum atomic E-state index is -2.73. The third kappa shape index (κ3) is 21.4. The Bertz CT molecular complexity index is 5470. The first-order valence-corrected chi connectivity index (χ1v) is 46.7. The molecule has 7 aliphatic heterocycles. The summed E-state index contributed by atoms with van der Waals surface area (Å²) < 4.78 is 35.5. The van der Waals surface area contributed by atoms with E-state index in [0.29, 0.717) is 11.3 Å². The molecular weight excluding hydrogens is 1840 g/mol. The number of hydrogen-bond acceptors (Lipinski definition) is 39. The number of amides is 10. The number of carbonyl (C=O) groups is 12. The van der Waals surface area contributed by atoms with Crippen molar-refractivity contribution in [3.63, 3.8) is 0 Å². The van der Waals surface area contributed by atoms with E-state index in [1.165, 1.54) is 93.8 Å². The number of thioether (sulfide) groups is 2. The summed E-state index contributed by atoms with van der Waals surface area (Å²) in [5.74, 6) is -13.9. The molecule has 49 heteroatoms. The van der Waals surface area contributed by atoms with Crippen LogP contribution >= 0.6 is 57.5 Å². The Kier molecular flexibility index (Phi) is 31.7. The molecule has 3 saturated heterocycles. The zero-order chi connectivity index (χ0) is 97.2. The Morgan fingerprint density at radius 3 is 2.07 bits per heavy atom. The molecule has 716 valence electrons. The lowest BCUT2D eigenvalue weighted by Crippen LogP contribution is -2.69. The number of methoxy groups -OCH3 is 1. The van der Waals surface area contributed by atoms with Gasteiger partial charge in [-0.2, -0.15) is 0 Å². The predicted octanol–water partition coefficient (Wildman–Crippen LogP) is -0.587. The van der Waals surface area contributed by atoms with Gasteiger partial charge in [-0.25, -0.2) is 39.4 Å². The number of nitrogens with one attached hydrogen (secondary N) is 11. The van der Waals surface area contributed by atoms with E-state index < -0.39 is 269 Å². The molecule has 0 radical (unpaired) electrons. The molecule has 0 unspecified atom stereocenters. The molecule has 0 saturated carbocycles. The molecule has 13 bridgehead atoms. The molecule has 10 amide bonds. The number of fused-ring (bicyclic) bond motifs is 8. The van der Waals surface area contributed by atoms with Gasteiger partial charge in [0.1, 0.15) is 103 Å². The second kappa shape index (κ2) is 41.7. The summed E-state index contributed by atoms with van der Waals surface area (Å²) >= 11 is 4.33. The van der Waals surface area contributed by atoms with E-state index >= 15 is 28.8 Å². The van der Waals surface area contributed by atoms with Crippen molar-refractivity contribution in [1.29, 1.82) is 0 Å². The Balaban J connectivity index is 1.03. The summed E-state index contributed by atoms with van der Waals surface area (Å²) in [6, 6.07) is -11.1. The van der Waals surface area contributed by atoms with Crippen molar-refractivity contribution in [3.8, 4) is 0 Å². The Morgan fingerprint density at radius 1 is 0.767 bits per heavy atom. The van der Waals surface area contributed by atoms with Crippen LogP contribution in [0.25, 0.3) is 6.08 Å². The molecule has 3 fully saturated rings.